The fourth-order valence-corrected chi connectivity index (χ4v) is 2.29. The van der Waals surface area contributed by atoms with Gasteiger partial charge in [0, 0.05) is 0 Å². The summed E-state index contributed by atoms with van der Waals surface area (Å²) in [5, 5.41) is 2.88. The van der Waals surface area contributed by atoms with Gasteiger partial charge in [0.05, 0.1) is 25.0 Å². The van der Waals surface area contributed by atoms with Crippen molar-refractivity contribution in [3.8, 4) is 0 Å². The van der Waals surface area contributed by atoms with E-state index >= 15 is 0 Å². The number of amides is 1. The van der Waals surface area contributed by atoms with Gasteiger partial charge in [0.15, 0.2) is 10.8 Å². The molecule has 2 N–H and O–H groups in total. The first kappa shape index (κ1) is 12.3. The van der Waals surface area contributed by atoms with Crippen LogP contribution in [-0.2, 0) is 9.53 Å². The quantitative estimate of drug-likeness (QED) is 0.811. The molecular weight excluding hydrogens is 270 g/mol. The van der Waals surface area contributed by atoms with Crippen LogP contribution < -0.4 is 5.32 Å². The Hall–Kier alpha value is -1.73. The third-order valence-electron chi connectivity index (χ3n) is 3.05. The molecule has 0 aromatic carbocycles. The molecule has 1 amide bonds. The van der Waals surface area contributed by atoms with E-state index in [-0.39, 0.29) is 29.0 Å². The highest BCUT2D eigenvalue weighted by molar-refractivity contribution is 6.33. The van der Waals surface area contributed by atoms with Crippen molar-refractivity contribution in [2.75, 3.05) is 11.9 Å². The third kappa shape index (κ3) is 2.39. The van der Waals surface area contributed by atoms with Crippen molar-refractivity contribution in [1.29, 1.82) is 0 Å². The molecule has 3 heterocycles. The molecule has 2 aromatic heterocycles. The number of anilines is 1. The maximum atomic E-state index is 12.0. The number of aromatic amines is 1. The molecule has 1 fully saturated rings. The molecule has 0 spiro atoms. The number of carbonyl (C=O) groups is 1. The maximum Gasteiger partial charge on any atom is 0.233 e. The van der Waals surface area contributed by atoms with Crippen LogP contribution in [0.2, 0.25) is 5.15 Å². The molecule has 1 saturated heterocycles. The number of rotatable bonds is 2. The van der Waals surface area contributed by atoms with Gasteiger partial charge in [-0.05, 0) is 13.3 Å². The second kappa shape index (κ2) is 4.75. The van der Waals surface area contributed by atoms with E-state index in [9.17, 15) is 4.79 Å². The zero-order chi connectivity index (χ0) is 13.4. The number of fused-ring (bicyclic) bond motifs is 1. The van der Waals surface area contributed by atoms with Gasteiger partial charge in [-0.1, -0.05) is 11.6 Å². The zero-order valence-electron chi connectivity index (χ0n) is 10.2. The lowest BCUT2D eigenvalue weighted by Crippen LogP contribution is -2.24. The number of carbonyl (C=O) groups excluding carboxylic acids is 1. The van der Waals surface area contributed by atoms with Gasteiger partial charge in [-0.15, -0.1) is 0 Å². The topological polar surface area (TPSA) is 92.8 Å². The molecule has 2 aromatic rings. The van der Waals surface area contributed by atoms with E-state index in [1.807, 2.05) is 6.92 Å². The maximum absolute atomic E-state index is 12.0. The van der Waals surface area contributed by atoms with Crippen LogP contribution in [0.4, 0.5) is 5.95 Å². The van der Waals surface area contributed by atoms with Crippen molar-refractivity contribution in [3.63, 3.8) is 0 Å². The van der Waals surface area contributed by atoms with Crippen molar-refractivity contribution in [2.24, 2.45) is 5.92 Å². The van der Waals surface area contributed by atoms with Crippen LogP contribution in [-0.4, -0.2) is 38.6 Å². The van der Waals surface area contributed by atoms with Crippen LogP contribution >= 0.6 is 11.6 Å². The van der Waals surface area contributed by atoms with E-state index < -0.39 is 0 Å². The lowest BCUT2D eigenvalue weighted by Gasteiger charge is -2.08. The molecule has 1 aliphatic heterocycles. The minimum absolute atomic E-state index is 0.106. The fraction of sp³-hybridized carbons (Fsp3) is 0.455. The molecule has 0 radical (unpaired) electrons. The molecule has 0 aliphatic carbocycles. The molecular formula is C11H12ClN5O2. The number of nitrogens with one attached hydrogen (secondary N) is 2. The zero-order valence-corrected chi connectivity index (χ0v) is 10.9. The summed E-state index contributed by atoms with van der Waals surface area (Å²) in [6, 6.07) is 0. The van der Waals surface area contributed by atoms with Crippen molar-refractivity contribution < 1.29 is 9.53 Å². The molecule has 0 saturated carbocycles. The van der Waals surface area contributed by atoms with Crippen molar-refractivity contribution >= 4 is 34.6 Å². The van der Waals surface area contributed by atoms with Crippen molar-refractivity contribution in [1.82, 2.24) is 19.9 Å². The smallest absolute Gasteiger partial charge is 0.233 e. The van der Waals surface area contributed by atoms with E-state index in [4.69, 9.17) is 16.3 Å². The number of nitrogens with zero attached hydrogens (tertiary/aromatic N) is 3. The van der Waals surface area contributed by atoms with E-state index in [1.165, 1.54) is 6.33 Å². The molecule has 1 aliphatic rings. The summed E-state index contributed by atoms with van der Waals surface area (Å²) in [6.45, 7) is 2.36. The van der Waals surface area contributed by atoms with E-state index in [0.717, 1.165) is 0 Å². The first-order valence-corrected chi connectivity index (χ1v) is 6.30. The second-order valence-corrected chi connectivity index (χ2v) is 4.86. The number of H-pyrrole nitrogens is 1. The molecule has 2 atom stereocenters. The highest BCUT2D eigenvalue weighted by Crippen LogP contribution is 2.22. The normalized spacial score (nSPS) is 22.8. The Kier molecular flexibility index (Phi) is 3.08. The first-order chi connectivity index (χ1) is 9.13. The lowest BCUT2D eigenvalue weighted by atomic mass is 10.1. The minimum Gasteiger partial charge on any atom is -0.378 e. The standard InChI is InChI=1S/C11H12ClN5O2/c1-5-2-6(3-19-5)10(18)17-11-15-8(12)7-9(16-11)14-4-13-7/h4-6H,2-3H2,1H3,(H2,13,14,15,16,17,18). The second-order valence-electron chi connectivity index (χ2n) is 4.50. The van der Waals surface area contributed by atoms with Gasteiger partial charge >= 0.3 is 0 Å². The molecule has 3 rings (SSSR count). The summed E-state index contributed by atoms with van der Waals surface area (Å²) in [6.07, 6.45) is 2.28. The van der Waals surface area contributed by atoms with Crippen LogP contribution in [0.3, 0.4) is 0 Å². The largest absolute Gasteiger partial charge is 0.378 e. The Labute approximate surface area is 113 Å². The number of aromatic nitrogens is 4. The van der Waals surface area contributed by atoms with Crippen LogP contribution in [0.5, 0.6) is 0 Å². The van der Waals surface area contributed by atoms with Gasteiger partial charge < -0.3 is 9.72 Å². The molecule has 7 nitrogen and oxygen atoms in total. The Bertz CT molecular complexity index is 629. The van der Waals surface area contributed by atoms with Crippen molar-refractivity contribution in [3.05, 3.63) is 11.5 Å². The van der Waals surface area contributed by atoms with E-state index in [0.29, 0.717) is 24.2 Å². The molecule has 8 heteroatoms. The summed E-state index contributed by atoms with van der Waals surface area (Å²) in [4.78, 5) is 27.0. The van der Waals surface area contributed by atoms with Crippen molar-refractivity contribution in [2.45, 2.75) is 19.4 Å². The number of imidazole rings is 1. The predicted molar refractivity (Wildman–Crippen MR) is 68.8 cm³/mol. The van der Waals surface area contributed by atoms with Crippen LogP contribution in [0, 0.1) is 5.92 Å². The van der Waals surface area contributed by atoms with Gasteiger partial charge in [0.1, 0.15) is 5.52 Å². The molecule has 0 bridgehead atoms. The summed E-state index contributed by atoms with van der Waals surface area (Å²) < 4.78 is 5.36. The summed E-state index contributed by atoms with van der Waals surface area (Å²) >= 11 is 5.97. The lowest BCUT2D eigenvalue weighted by molar-refractivity contribution is -0.119. The fourth-order valence-electron chi connectivity index (χ4n) is 2.07. The number of ether oxygens (including phenoxy) is 1. The summed E-state index contributed by atoms with van der Waals surface area (Å²) in [7, 11) is 0. The van der Waals surface area contributed by atoms with Gasteiger partial charge in [-0.25, -0.2) is 4.98 Å². The van der Waals surface area contributed by atoms with Gasteiger partial charge in [0.2, 0.25) is 11.9 Å². The highest BCUT2D eigenvalue weighted by Gasteiger charge is 2.28. The Morgan fingerprint density at radius 1 is 1.58 bits per heavy atom. The Balaban J connectivity index is 1.79. The Morgan fingerprint density at radius 3 is 3.16 bits per heavy atom. The number of hydrogen-bond acceptors (Lipinski definition) is 5. The van der Waals surface area contributed by atoms with Crippen LogP contribution in [0.1, 0.15) is 13.3 Å². The SMILES string of the molecule is CC1CC(C(=O)Nc2nc(Cl)c3[nH]cnc3n2)CO1. The predicted octanol–water partition coefficient (Wildman–Crippen LogP) is 1.37. The van der Waals surface area contributed by atoms with E-state index in [1.54, 1.807) is 0 Å². The van der Waals surface area contributed by atoms with Gasteiger partial charge in [-0.2, -0.15) is 9.97 Å². The third-order valence-corrected chi connectivity index (χ3v) is 3.32. The molecule has 19 heavy (non-hydrogen) atoms. The molecule has 2 unspecified atom stereocenters. The molecule has 100 valence electrons. The summed E-state index contributed by atoms with van der Waals surface area (Å²) in [5.41, 5.74) is 0.976. The average Bonchev–Trinajstić information content (AvgIpc) is 2.97. The number of halogens is 1. The van der Waals surface area contributed by atoms with Gasteiger partial charge in [0.25, 0.3) is 0 Å². The van der Waals surface area contributed by atoms with Crippen LogP contribution in [0.25, 0.3) is 11.2 Å². The first-order valence-electron chi connectivity index (χ1n) is 5.92. The highest BCUT2D eigenvalue weighted by atomic mass is 35.5. The van der Waals surface area contributed by atoms with Crippen LogP contribution in [0.15, 0.2) is 6.33 Å². The van der Waals surface area contributed by atoms with E-state index in [2.05, 4.69) is 25.3 Å². The van der Waals surface area contributed by atoms with Gasteiger partial charge in [-0.3, -0.25) is 10.1 Å². The number of hydrogen-bond donors (Lipinski definition) is 2. The summed E-state index contributed by atoms with van der Waals surface area (Å²) in [5.74, 6) is -0.170. The minimum atomic E-state index is -0.174. The monoisotopic (exact) mass is 281 g/mol. The Morgan fingerprint density at radius 2 is 2.42 bits per heavy atom. The average molecular weight is 282 g/mol.